The van der Waals surface area contributed by atoms with Gasteiger partial charge in [-0.05, 0) is 12.0 Å². The Balaban J connectivity index is 2.38. The van der Waals surface area contributed by atoms with Crippen LogP contribution in [0, 0.1) is 0 Å². The van der Waals surface area contributed by atoms with Crippen LogP contribution in [0.1, 0.15) is 12.0 Å². The SMILES string of the molecule is O=C(CCc1ccccc1)NS. The van der Waals surface area contributed by atoms with Gasteiger partial charge in [0.05, 0.1) is 0 Å². The van der Waals surface area contributed by atoms with E-state index in [0.29, 0.717) is 6.42 Å². The van der Waals surface area contributed by atoms with Gasteiger partial charge in [0, 0.05) is 6.42 Å². The van der Waals surface area contributed by atoms with Crippen LogP contribution in [0.2, 0.25) is 0 Å². The maximum absolute atomic E-state index is 10.8. The van der Waals surface area contributed by atoms with E-state index in [1.54, 1.807) is 0 Å². The first-order chi connectivity index (χ1) is 5.83. The Morgan fingerprint density at radius 1 is 1.33 bits per heavy atom. The lowest BCUT2D eigenvalue weighted by molar-refractivity contribution is -0.119. The van der Waals surface area contributed by atoms with Gasteiger partial charge in [-0.3, -0.25) is 4.79 Å². The summed E-state index contributed by atoms with van der Waals surface area (Å²) in [6.45, 7) is 0. The Morgan fingerprint density at radius 3 is 2.58 bits per heavy atom. The molecule has 0 atom stereocenters. The second-order valence-electron chi connectivity index (χ2n) is 2.52. The molecule has 1 amide bonds. The highest BCUT2D eigenvalue weighted by Gasteiger charge is 1.98. The number of thiol groups is 1. The first-order valence-corrected chi connectivity index (χ1v) is 4.24. The van der Waals surface area contributed by atoms with Gasteiger partial charge in [-0.2, -0.15) is 0 Å². The summed E-state index contributed by atoms with van der Waals surface area (Å²) in [7, 11) is 0. The number of carbonyl (C=O) groups is 1. The number of amides is 1. The summed E-state index contributed by atoms with van der Waals surface area (Å²) >= 11 is 3.66. The summed E-state index contributed by atoms with van der Waals surface area (Å²) in [4.78, 5) is 10.8. The molecule has 0 spiro atoms. The lowest BCUT2D eigenvalue weighted by Gasteiger charge is -1.98. The minimum Gasteiger partial charge on any atom is -0.303 e. The summed E-state index contributed by atoms with van der Waals surface area (Å²) < 4.78 is 2.29. The third-order valence-corrected chi connectivity index (χ3v) is 1.86. The molecule has 0 aliphatic carbocycles. The number of rotatable bonds is 3. The molecule has 0 aliphatic rings. The van der Waals surface area contributed by atoms with Crippen LogP contribution in [0.25, 0.3) is 0 Å². The van der Waals surface area contributed by atoms with Crippen molar-refractivity contribution >= 4 is 18.7 Å². The van der Waals surface area contributed by atoms with Gasteiger partial charge in [-0.25, -0.2) is 0 Å². The molecule has 0 fully saturated rings. The normalized spacial score (nSPS) is 9.42. The van der Waals surface area contributed by atoms with E-state index in [2.05, 4.69) is 17.5 Å². The molecule has 0 aromatic heterocycles. The topological polar surface area (TPSA) is 29.1 Å². The van der Waals surface area contributed by atoms with Crippen molar-refractivity contribution < 1.29 is 4.79 Å². The first kappa shape index (κ1) is 9.13. The average Bonchev–Trinajstić information content (AvgIpc) is 2.16. The molecule has 12 heavy (non-hydrogen) atoms. The molecule has 0 heterocycles. The summed E-state index contributed by atoms with van der Waals surface area (Å²) in [5, 5.41) is 0. The maximum atomic E-state index is 10.8. The van der Waals surface area contributed by atoms with E-state index in [-0.39, 0.29) is 5.91 Å². The fourth-order valence-corrected chi connectivity index (χ4v) is 1.07. The van der Waals surface area contributed by atoms with Crippen molar-refractivity contribution in [3.63, 3.8) is 0 Å². The fraction of sp³-hybridized carbons (Fsp3) is 0.222. The predicted molar refractivity (Wildman–Crippen MR) is 51.9 cm³/mol. The van der Waals surface area contributed by atoms with E-state index in [1.807, 2.05) is 30.3 Å². The molecule has 1 aromatic carbocycles. The van der Waals surface area contributed by atoms with Crippen LogP contribution in [0.4, 0.5) is 0 Å². The second-order valence-corrected chi connectivity index (χ2v) is 2.74. The van der Waals surface area contributed by atoms with Gasteiger partial charge in [-0.1, -0.05) is 43.1 Å². The molecule has 0 saturated heterocycles. The highest BCUT2D eigenvalue weighted by molar-refractivity contribution is 7.78. The third-order valence-electron chi connectivity index (χ3n) is 1.61. The number of hydrogen-bond donors (Lipinski definition) is 2. The van der Waals surface area contributed by atoms with Crippen molar-refractivity contribution in [1.82, 2.24) is 4.72 Å². The van der Waals surface area contributed by atoms with Crippen molar-refractivity contribution in [3.05, 3.63) is 35.9 Å². The number of carbonyl (C=O) groups excluding carboxylic acids is 1. The highest BCUT2D eigenvalue weighted by atomic mass is 32.1. The van der Waals surface area contributed by atoms with Crippen molar-refractivity contribution in [2.45, 2.75) is 12.8 Å². The number of aryl methyl sites for hydroxylation is 1. The van der Waals surface area contributed by atoms with E-state index >= 15 is 0 Å². The monoisotopic (exact) mass is 181 g/mol. The van der Waals surface area contributed by atoms with Crippen molar-refractivity contribution in [3.8, 4) is 0 Å². The molecule has 0 unspecified atom stereocenters. The molecular weight excluding hydrogens is 170 g/mol. The molecule has 0 bridgehead atoms. The van der Waals surface area contributed by atoms with E-state index in [1.165, 1.54) is 5.56 Å². The Hall–Kier alpha value is -0.960. The van der Waals surface area contributed by atoms with Crippen LogP contribution in [0.15, 0.2) is 30.3 Å². The third kappa shape index (κ3) is 2.96. The van der Waals surface area contributed by atoms with E-state index in [0.717, 1.165) is 6.42 Å². The lowest BCUT2D eigenvalue weighted by atomic mass is 10.1. The summed E-state index contributed by atoms with van der Waals surface area (Å²) in [6.07, 6.45) is 1.26. The molecule has 0 radical (unpaired) electrons. The van der Waals surface area contributed by atoms with Crippen LogP contribution < -0.4 is 4.72 Å². The van der Waals surface area contributed by atoms with Gasteiger partial charge in [0.2, 0.25) is 5.91 Å². The standard InChI is InChI=1S/C9H11NOS/c11-9(10-12)7-6-8-4-2-1-3-5-8/h1-5,12H,6-7H2,(H,10,11). The number of benzene rings is 1. The molecule has 2 nitrogen and oxygen atoms in total. The van der Waals surface area contributed by atoms with Crippen molar-refractivity contribution in [2.75, 3.05) is 0 Å². The van der Waals surface area contributed by atoms with Gasteiger partial charge >= 0.3 is 0 Å². The first-order valence-electron chi connectivity index (χ1n) is 3.80. The van der Waals surface area contributed by atoms with Crippen molar-refractivity contribution in [2.24, 2.45) is 0 Å². The highest BCUT2D eigenvalue weighted by Crippen LogP contribution is 2.01. The fourth-order valence-electron chi connectivity index (χ4n) is 0.958. The van der Waals surface area contributed by atoms with E-state index < -0.39 is 0 Å². The van der Waals surface area contributed by atoms with Gasteiger partial charge in [0.15, 0.2) is 0 Å². The maximum Gasteiger partial charge on any atom is 0.229 e. The Labute approximate surface area is 77.5 Å². The minimum absolute atomic E-state index is 0.0396. The summed E-state index contributed by atoms with van der Waals surface area (Å²) in [6, 6.07) is 9.90. The molecular formula is C9H11NOS. The van der Waals surface area contributed by atoms with Crippen LogP contribution in [-0.2, 0) is 11.2 Å². The van der Waals surface area contributed by atoms with Crippen LogP contribution in [-0.4, -0.2) is 5.91 Å². The van der Waals surface area contributed by atoms with Crippen LogP contribution >= 0.6 is 12.8 Å². The van der Waals surface area contributed by atoms with E-state index in [9.17, 15) is 4.79 Å². The van der Waals surface area contributed by atoms with Gasteiger partial charge in [0.25, 0.3) is 0 Å². The smallest absolute Gasteiger partial charge is 0.229 e. The van der Waals surface area contributed by atoms with Crippen molar-refractivity contribution in [1.29, 1.82) is 0 Å². The Bertz CT molecular complexity index is 248. The lowest BCUT2D eigenvalue weighted by Crippen LogP contribution is -2.12. The van der Waals surface area contributed by atoms with Gasteiger partial charge in [0.1, 0.15) is 0 Å². The van der Waals surface area contributed by atoms with Gasteiger partial charge in [-0.15, -0.1) is 0 Å². The largest absolute Gasteiger partial charge is 0.303 e. The summed E-state index contributed by atoms with van der Waals surface area (Å²) in [5.41, 5.74) is 1.18. The molecule has 1 N–H and O–H groups in total. The predicted octanol–water partition coefficient (Wildman–Crippen LogP) is 1.58. The molecule has 1 rings (SSSR count). The zero-order valence-electron chi connectivity index (χ0n) is 6.66. The molecule has 0 saturated carbocycles. The zero-order valence-corrected chi connectivity index (χ0v) is 7.55. The van der Waals surface area contributed by atoms with Gasteiger partial charge < -0.3 is 4.72 Å². The molecule has 1 aromatic rings. The Kier molecular flexibility index (Phi) is 3.67. The quantitative estimate of drug-likeness (QED) is 0.681. The van der Waals surface area contributed by atoms with E-state index in [4.69, 9.17) is 0 Å². The van der Waals surface area contributed by atoms with Crippen LogP contribution in [0.5, 0.6) is 0 Å². The average molecular weight is 181 g/mol. The minimum atomic E-state index is -0.0396. The molecule has 64 valence electrons. The number of hydrogen-bond acceptors (Lipinski definition) is 2. The summed E-state index contributed by atoms with van der Waals surface area (Å²) in [5.74, 6) is -0.0396. The Morgan fingerprint density at radius 2 is 2.00 bits per heavy atom. The number of nitrogens with one attached hydrogen (secondary N) is 1. The second kappa shape index (κ2) is 4.83. The zero-order chi connectivity index (χ0) is 8.81. The molecule has 0 aliphatic heterocycles. The molecule has 3 heteroatoms. The van der Waals surface area contributed by atoms with Crippen LogP contribution in [0.3, 0.4) is 0 Å².